The van der Waals surface area contributed by atoms with Crippen molar-refractivity contribution in [3.8, 4) is 23.0 Å². The van der Waals surface area contributed by atoms with Crippen molar-refractivity contribution in [2.45, 2.75) is 13.8 Å². The summed E-state index contributed by atoms with van der Waals surface area (Å²) in [6.07, 6.45) is 1.63. The number of aromatic nitrogens is 3. The highest BCUT2D eigenvalue weighted by atomic mass is 19.1. The number of para-hydroxylation sites is 1. The summed E-state index contributed by atoms with van der Waals surface area (Å²) in [5.41, 5.74) is 4.33. The van der Waals surface area contributed by atoms with Crippen LogP contribution in [0.4, 0.5) is 4.39 Å². The van der Waals surface area contributed by atoms with Gasteiger partial charge in [0, 0.05) is 22.6 Å². The number of methoxy groups -OCH3 is 1. The third kappa shape index (κ3) is 3.87. The Kier molecular flexibility index (Phi) is 5.64. The van der Waals surface area contributed by atoms with Crippen LogP contribution < -0.4 is 10.3 Å². The first-order chi connectivity index (χ1) is 18.4. The topological polar surface area (TPSA) is 74.6 Å². The first-order valence-electron chi connectivity index (χ1n) is 12.0. The van der Waals surface area contributed by atoms with Gasteiger partial charge in [0.25, 0.3) is 5.56 Å². The molecule has 0 bridgehead atoms. The van der Waals surface area contributed by atoms with Crippen molar-refractivity contribution in [2.24, 2.45) is 5.10 Å². The van der Waals surface area contributed by atoms with Gasteiger partial charge in [-0.1, -0.05) is 18.2 Å². The number of nitrogens with zero attached hydrogens (tertiary/aromatic N) is 4. The standard InChI is InChI=1S/C30H23FN4O3/c1-18-15-20(19(2)34(18)22-13-11-21(31)12-14-22)17-32-35-29(33-25-8-5-4-7-23(25)30(35)36)28-16-24-26(37-3)9-6-10-27(24)38-28/h4-17H,1-3H3. The molecule has 0 aliphatic carbocycles. The molecule has 0 aliphatic rings. The molecule has 7 nitrogen and oxygen atoms in total. The van der Waals surface area contributed by atoms with Crippen LogP contribution in [0.3, 0.4) is 0 Å². The van der Waals surface area contributed by atoms with E-state index in [1.807, 2.05) is 48.7 Å². The van der Waals surface area contributed by atoms with Crippen LogP contribution in [0.5, 0.6) is 5.75 Å². The minimum atomic E-state index is -0.318. The smallest absolute Gasteiger partial charge is 0.282 e. The van der Waals surface area contributed by atoms with E-state index in [0.717, 1.165) is 28.0 Å². The number of hydrogen-bond acceptors (Lipinski definition) is 5. The Bertz CT molecular complexity index is 1910. The average Bonchev–Trinajstić information content (AvgIpc) is 3.49. The molecule has 0 radical (unpaired) electrons. The molecular weight excluding hydrogens is 483 g/mol. The van der Waals surface area contributed by atoms with Gasteiger partial charge in [-0.2, -0.15) is 9.78 Å². The van der Waals surface area contributed by atoms with Crippen LogP contribution in [0, 0.1) is 19.7 Å². The zero-order chi connectivity index (χ0) is 26.4. The molecule has 8 heteroatoms. The Morgan fingerprint density at radius 3 is 2.55 bits per heavy atom. The Hall–Kier alpha value is -4.98. The van der Waals surface area contributed by atoms with E-state index in [1.165, 1.54) is 16.8 Å². The van der Waals surface area contributed by atoms with E-state index in [-0.39, 0.29) is 17.2 Å². The van der Waals surface area contributed by atoms with Crippen LogP contribution in [0.25, 0.3) is 39.1 Å². The van der Waals surface area contributed by atoms with Gasteiger partial charge < -0.3 is 13.7 Å². The second kappa shape index (κ2) is 9.15. The molecule has 0 amide bonds. The van der Waals surface area contributed by atoms with Crippen molar-refractivity contribution in [1.82, 2.24) is 14.2 Å². The first kappa shape index (κ1) is 23.4. The number of benzene rings is 3. The lowest BCUT2D eigenvalue weighted by molar-refractivity contribution is 0.419. The summed E-state index contributed by atoms with van der Waals surface area (Å²) in [6.45, 7) is 3.91. The van der Waals surface area contributed by atoms with E-state index < -0.39 is 0 Å². The van der Waals surface area contributed by atoms with Crippen LogP contribution in [-0.4, -0.2) is 27.6 Å². The predicted molar refractivity (Wildman–Crippen MR) is 146 cm³/mol. The minimum Gasteiger partial charge on any atom is -0.496 e. The third-order valence-corrected chi connectivity index (χ3v) is 6.58. The fourth-order valence-electron chi connectivity index (χ4n) is 4.74. The molecule has 0 N–H and O–H groups in total. The normalized spacial score (nSPS) is 11.7. The van der Waals surface area contributed by atoms with E-state index in [4.69, 9.17) is 14.1 Å². The Labute approximate surface area is 217 Å². The molecule has 6 rings (SSSR count). The third-order valence-electron chi connectivity index (χ3n) is 6.58. The Morgan fingerprint density at radius 2 is 1.76 bits per heavy atom. The maximum absolute atomic E-state index is 13.6. The highest BCUT2D eigenvalue weighted by molar-refractivity contribution is 5.89. The van der Waals surface area contributed by atoms with E-state index >= 15 is 0 Å². The number of hydrogen-bond donors (Lipinski definition) is 0. The molecule has 3 aromatic carbocycles. The highest BCUT2D eigenvalue weighted by Crippen LogP contribution is 2.33. The summed E-state index contributed by atoms with van der Waals surface area (Å²) in [4.78, 5) is 18.3. The molecule has 6 aromatic rings. The lowest BCUT2D eigenvalue weighted by atomic mass is 10.2. The maximum Gasteiger partial charge on any atom is 0.282 e. The van der Waals surface area contributed by atoms with Crippen LogP contribution in [0.1, 0.15) is 17.0 Å². The Balaban J connectivity index is 1.52. The van der Waals surface area contributed by atoms with Crippen molar-refractivity contribution in [3.63, 3.8) is 0 Å². The highest BCUT2D eigenvalue weighted by Gasteiger charge is 2.18. The van der Waals surface area contributed by atoms with Crippen LogP contribution in [0.2, 0.25) is 0 Å². The van der Waals surface area contributed by atoms with Gasteiger partial charge in [-0.25, -0.2) is 9.37 Å². The zero-order valence-electron chi connectivity index (χ0n) is 21.0. The molecule has 38 heavy (non-hydrogen) atoms. The van der Waals surface area contributed by atoms with Crippen LogP contribution in [0.15, 0.2) is 93.2 Å². The second-order valence-corrected chi connectivity index (χ2v) is 8.94. The summed E-state index contributed by atoms with van der Waals surface area (Å²) < 4.78 is 28.3. The average molecular weight is 507 g/mol. The number of aryl methyl sites for hydroxylation is 1. The van der Waals surface area contributed by atoms with Gasteiger partial charge in [0.1, 0.15) is 17.1 Å². The molecule has 3 heterocycles. The molecule has 0 atom stereocenters. The largest absolute Gasteiger partial charge is 0.496 e. The van der Waals surface area contributed by atoms with Crippen molar-refractivity contribution >= 4 is 28.1 Å². The van der Waals surface area contributed by atoms with Crippen LogP contribution in [-0.2, 0) is 0 Å². The van der Waals surface area contributed by atoms with Crippen LogP contribution >= 0.6 is 0 Å². The molecule has 0 aliphatic heterocycles. The van der Waals surface area contributed by atoms with Crippen molar-refractivity contribution in [3.05, 3.63) is 112 Å². The van der Waals surface area contributed by atoms with Gasteiger partial charge in [-0.05, 0) is 74.5 Å². The number of ether oxygens (including phenoxy) is 1. The monoisotopic (exact) mass is 506 g/mol. The van der Waals surface area contributed by atoms with Gasteiger partial charge in [-0.3, -0.25) is 4.79 Å². The SMILES string of the molecule is COc1cccc2oc(-c3nc4ccccc4c(=O)n3N=Cc3cc(C)n(-c4ccc(F)cc4)c3C)cc12. The number of rotatable bonds is 5. The molecule has 0 fully saturated rings. The van der Waals surface area contributed by atoms with Gasteiger partial charge in [-0.15, -0.1) is 0 Å². The molecule has 0 spiro atoms. The summed E-state index contributed by atoms with van der Waals surface area (Å²) in [5, 5.41) is 5.80. The van der Waals surface area contributed by atoms with Crippen molar-refractivity contribution < 1.29 is 13.5 Å². The number of furan rings is 1. The Morgan fingerprint density at radius 1 is 0.974 bits per heavy atom. The van der Waals surface area contributed by atoms with Crippen molar-refractivity contribution in [2.75, 3.05) is 7.11 Å². The van der Waals surface area contributed by atoms with E-state index in [1.54, 1.807) is 49.7 Å². The fourth-order valence-corrected chi connectivity index (χ4v) is 4.74. The summed E-state index contributed by atoms with van der Waals surface area (Å²) in [5.74, 6) is 1.03. The zero-order valence-corrected chi connectivity index (χ0v) is 21.0. The fraction of sp³-hybridized carbons (Fsp3) is 0.100. The maximum atomic E-state index is 13.6. The lowest BCUT2D eigenvalue weighted by Gasteiger charge is -2.09. The van der Waals surface area contributed by atoms with Crippen molar-refractivity contribution in [1.29, 1.82) is 0 Å². The first-order valence-corrected chi connectivity index (χ1v) is 12.0. The molecule has 188 valence electrons. The summed E-state index contributed by atoms with van der Waals surface area (Å²) in [6, 6.07) is 22.7. The number of halogens is 1. The van der Waals surface area contributed by atoms with E-state index in [2.05, 4.69) is 5.10 Å². The molecule has 3 aromatic heterocycles. The van der Waals surface area contributed by atoms with Gasteiger partial charge in [0.15, 0.2) is 5.76 Å². The van der Waals surface area contributed by atoms with Gasteiger partial charge in [0.2, 0.25) is 5.82 Å². The summed E-state index contributed by atoms with van der Waals surface area (Å²) in [7, 11) is 1.60. The van der Waals surface area contributed by atoms with Gasteiger partial charge in [0.05, 0.1) is 29.6 Å². The summed E-state index contributed by atoms with van der Waals surface area (Å²) >= 11 is 0. The second-order valence-electron chi connectivity index (χ2n) is 8.94. The molecule has 0 saturated carbocycles. The predicted octanol–water partition coefficient (Wildman–Crippen LogP) is 6.25. The number of fused-ring (bicyclic) bond motifs is 2. The molecular formula is C30H23FN4O3. The quantitative estimate of drug-likeness (QED) is 0.259. The molecule has 0 unspecified atom stereocenters. The van der Waals surface area contributed by atoms with E-state index in [0.29, 0.717) is 28.0 Å². The van der Waals surface area contributed by atoms with E-state index in [9.17, 15) is 9.18 Å². The minimum absolute atomic E-state index is 0.274. The lowest BCUT2D eigenvalue weighted by Crippen LogP contribution is -2.20. The molecule has 0 saturated heterocycles. The van der Waals surface area contributed by atoms with Gasteiger partial charge >= 0.3 is 0 Å².